The van der Waals surface area contributed by atoms with Crippen molar-refractivity contribution in [1.82, 2.24) is 55.6 Å². The van der Waals surface area contributed by atoms with Gasteiger partial charge in [0.2, 0.25) is 71.4 Å². The van der Waals surface area contributed by atoms with Gasteiger partial charge in [0, 0.05) is 67.7 Å². The molecule has 22 nitrogen and oxygen atoms in total. The molecule has 0 radical (unpaired) electrons. The van der Waals surface area contributed by atoms with Gasteiger partial charge in [0.15, 0.2) is 0 Å². The Kier molecular flexibility index (Phi) is 29.3. The Morgan fingerprint density at radius 2 is 1.18 bits per heavy atom. The van der Waals surface area contributed by atoms with Crippen molar-refractivity contribution in [2.75, 3.05) is 68.5 Å². The molecule has 518 valence electrons. The van der Waals surface area contributed by atoms with Gasteiger partial charge in [-0.15, -0.1) is 0 Å². The van der Waals surface area contributed by atoms with E-state index in [1.54, 1.807) is 20.8 Å². The zero-order valence-electron chi connectivity index (χ0n) is 55.7. The van der Waals surface area contributed by atoms with Crippen LogP contribution >= 0.6 is 0 Å². The minimum atomic E-state index is -4.77. The van der Waals surface area contributed by atoms with E-state index in [0.29, 0.717) is 25.7 Å². The van der Waals surface area contributed by atoms with E-state index in [1.807, 2.05) is 27.7 Å². The van der Waals surface area contributed by atoms with Crippen LogP contribution in [0.25, 0.3) is 0 Å². The van der Waals surface area contributed by atoms with E-state index in [-0.39, 0.29) is 95.4 Å². The summed E-state index contributed by atoms with van der Waals surface area (Å²) < 4.78 is 82.9. The van der Waals surface area contributed by atoms with Crippen molar-refractivity contribution in [3.8, 4) is 0 Å². The molecule has 0 aromatic carbocycles. The number of unbranched alkanes of at least 4 members (excludes halogenated alkanes) is 1. The average Bonchev–Trinajstić information content (AvgIpc) is 1.78. The monoisotopic (exact) mass is 1300 g/mol. The number of likely N-dealkylation sites (N-methyl/N-ethyl adjacent to an activating group) is 6. The van der Waals surface area contributed by atoms with E-state index in [9.17, 15) is 69.9 Å². The van der Waals surface area contributed by atoms with Crippen molar-refractivity contribution in [2.24, 2.45) is 29.6 Å². The lowest BCUT2D eigenvalue weighted by Gasteiger charge is -2.39. The van der Waals surface area contributed by atoms with Gasteiger partial charge in [-0.1, -0.05) is 67.2 Å². The van der Waals surface area contributed by atoms with Gasteiger partial charge in [-0.05, 0) is 114 Å². The third-order valence-electron chi connectivity index (χ3n) is 18.8. The van der Waals surface area contributed by atoms with Crippen molar-refractivity contribution >= 4 is 65.0 Å². The molecule has 1 spiro atoms. The van der Waals surface area contributed by atoms with E-state index < -0.39 is 188 Å². The molecule has 11 atom stereocenters. The van der Waals surface area contributed by atoms with Gasteiger partial charge in [0.25, 0.3) is 0 Å². The molecule has 2 saturated carbocycles. The molecular formula is C63H103F6N11O11. The minimum Gasteiger partial charge on any atom is -0.351 e. The van der Waals surface area contributed by atoms with E-state index in [2.05, 4.69) is 21.3 Å². The number of nitrogens with one attached hydrogen (secondary N) is 4. The highest BCUT2D eigenvalue weighted by molar-refractivity contribution is 5.99. The number of hydrogen-bond acceptors (Lipinski definition) is 11. The smallest absolute Gasteiger partial charge is 0.351 e. The van der Waals surface area contributed by atoms with Crippen LogP contribution < -0.4 is 21.3 Å². The summed E-state index contributed by atoms with van der Waals surface area (Å²) in [5.74, 6) is -11.2. The van der Waals surface area contributed by atoms with Gasteiger partial charge in [0.1, 0.15) is 48.0 Å². The number of fused-ring (bicyclic) bond motifs is 1. The molecule has 4 fully saturated rings. The summed E-state index contributed by atoms with van der Waals surface area (Å²) in [6.07, 6.45) is -9.31. The lowest BCUT2D eigenvalue weighted by Crippen LogP contribution is -2.64. The van der Waals surface area contributed by atoms with Crippen molar-refractivity contribution < 1.29 is 79.1 Å². The zero-order valence-corrected chi connectivity index (χ0v) is 55.7. The third kappa shape index (κ3) is 21.7. The van der Waals surface area contributed by atoms with Crippen LogP contribution in [0.1, 0.15) is 170 Å². The van der Waals surface area contributed by atoms with Crippen LogP contribution in [0.4, 0.5) is 26.3 Å². The molecule has 0 aromatic heterocycles. The van der Waals surface area contributed by atoms with Gasteiger partial charge in [-0.2, -0.15) is 13.2 Å². The lowest BCUT2D eigenvalue weighted by molar-refractivity contribution is -0.201. The minimum absolute atomic E-state index is 0.00633. The third-order valence-corrected chi connectivity index (χ3v) is 18.8. The van der Waals surface area contributed by atoms with Gasteiger partial charge in [0.05, 0.1) is 25.6 Å². The van der Waals surface area contributed by atoms with Crippen LogP contribution in [-0.2, 0) is 52.7 Å². The Morgan fingerprint density at radius 1 is 0.604 bits per heavy atom. The molecule has 4 rings (SSSR count). The van der Waals surface area contributed by atoms with Crippen LogP contribution in [0.5, 0.6) is 0 Å². The van der Waals surface area contributed by atoms with Gasteiger partial charge in [-0.25, -0.2) is 13.2 Å². The fourth-order valence-corrected chi connectivity index (χ4v) is 13.0. The first-order valence-corrected chi connectivity index (χ1v) is 32.5. The zero-order chi connectivity index (χ0) is 68.6. The first-order chi connectivity index (χ1) is 42.4. The van der Waals surface area contributed by atoms with Crippen molar-refractivity contribution in [3.63, 3.8) is 0 Å². The van der Waals surface area contributed by atoms with Gasteiger partial charge >= 0.3 is 6.18 Å². The Balaban J connectivity index is 1.79. The summed E-state index contributed by atoms with van der Waals surface area (Å²) >= 11 is 0. The summed E-state index contributed by atoms with van der Waals surface area (Å²) in [5.41, 5.74) is -1.53. The average molecular weight is 1300 g/mol. The van der Waals surface area contributed by atoms with Crippen molar-refractivity contribution in [2.45, 2.75) is 237 Å². The van der Waals surface area contributed by atoms with Crippen molar-refractivity contribution in [1.29, 1.82) is 0 Å². The molecule has 2 saturated heterocycles. The number of hydrogen-bond donors (Lipinski definition) is 4. The molecule has 28 heteroatoms. The molecule has 0 aromatic rings. The van der Waals surface area contributed by atoms with Crippen LogP contribution in [-0.4, -0.2) is 234 Å². The van der Waals surface area contributed by atoms with Crippen LogP contribution in [0.2, 0.25) is 0 Å². The molecule has 11 amide bonds. The Hall–Kier alpha value is -6.25. The second kappa shape index (κ2) is 34.6. The second-order valence-electron chi connectivity index (χ2n) is 27.0. The molecule has 4 N–H and O–H groups in total. The predicted octanol–water partition coefficient (Wildman–Crippen LogP) is 5.20. The largest absolute Gasteiger partial charge is 0.394 e. The normalized spacial score (nSPS) is 28.5. The highest BCUT2D eigenvalue weighted by Crippen LogP contribution is 2.43. The fourth-order valence-electron chi connectivity index (χ4n) is 13.0. The van der Waals surface area contributed by atoms with E-state index in [1.165, 1.54) is 57.0 Å². The van der Waals surface area contributed by atoms with Crippen LogP contribution in [0.3, 0.4) is 0 Å². The number of carbonyl (C=O) groups excluding carboxylic acids is 11. The van der Waals surface area contributed by atoms with Crippen molar-refractivity contribution in [3.05, 3.63) is 0 Å². The SMILES string of the molecule is CC[C@H](C)[C@@H]1NC(=O)[C@H](CC(C)C)N(C)C(=O)C[C@@H](C)NC(=O)[C@H](CC(C)C)N(C)C(=O)C2(CCCC2)NC(=O)[C@@H]2CCCN2C(=O)[C@H](CCC2CCC(C(F)(F)F)C(F)C2)NC(=O)CN(C)C(=O)[C@H](CCCCC(F)F)N(C)C(=O)CN(C)C(=O)CN(C)C1=O. The maximum Gasteiger partial charge on any atom is 0.394 e. The number of rotatable bonds is 14. The molecular weight excluding hydrogens is 1200 g/mol. The summed E-state index contributed by atoms with van der Waals surface area (Å²) in [6.45, 7) is 10.6. The maximum atomic E-state index is 15.1. The molecule has 4 aliphatic rings. The number of nitrogens with zero attached hydrogens (tertiary/aromatic N) is 7. The van der Waals surface area contributed by atoms with Crippen LogP contribution in [0.15, 0.2) is 0 Å². The first-order valence-electron chi connectivity index (χ1n) is 32.5. The summed E-state index contributed by atoms with van der Waals surface area (Å²) in [7, 11) is 8.03. The standard InChI is InChI=1S/C63H103F6N11O11/c1-14-39(6)54-60(90)76(10)35-52(83)74(8)36-53(84)77(11)46(20-15-16-22-49(65)66)59(89)75(9)34-50(81)71-44(26-24-41-23-25-42(43(64)33-41)63(67,68)69)58(88)80-29-19-21-45(80)57(87)73-62(27-17-18-28-62)61(91)79(13)48(31-38(4)5)55(85)70-40(7)32-51(82)78(12)47(30-37(2)3)56(86)72-54/h37-49,54H,14-36H2,1-13H3,(H,70,85)(H,71,81)(H,72,86)(H,73,87)/t39-,40+,41?,42?,43?,44-,45-,46-,47-,48-,54-/m0/s1. The van der Waals surface area contributed by atoms with Gasteiger partial charge in [-0.3, -0.25) is 52.7 Å². The number of alkyl halides is 6. The Morgan fingerprint density at radius 3 is 1.75 bits per heavy atom. The summed E-state index contributed by atoms with van der Waals surface area (Å²) in [4.78, 5) is 166. The lowest BCUT2D eigenvalue weighted by atomic mass is 9.78. The number of amides is 11. The highest BCUT2D eigenvalue weighted by Gasteiger charge is 2.51. The first kappa shape index (κ1) is 77.2. The molecule has 2 aliphatic carbocycles. The highest BCUT2D eigenvalue weighted by atomic mass is 19.4. The quantitative estimate of drug-likeness (QED) is 0.130. The van der Waals surface area contributed by atoms with E-state index in [0.717, 1.165) is 19.6 Å². The molecule has 2 heterocycles. The Bertz CT molecular complexity index is 2540. The molecule has 2 aliphatic heterocycles. The fraction of sp³-hybridized carbons (Fsp3) is 0.825. The number of halogens is 6. The topological polar surface area (TPSA) is 259 Å². The maximum absolute atomic E-state index is 15.1. The molecule has 3 unspecified atom stereocenters. The van der Waals surface area contributed by atoms with E-state index >= 15 is 9.18 Å². The summed E-state index contributed by atoms with van der Waals surface area (Å²) in [6, 6.07) is -8.26. The van der Waals surface area contributed by atoms with Gasteiger partial charge < -0.3 is 55.6 Å². The second-order valence-corrected chi connectivity index (χ2v) is 27.0. The summed E-state index contributed by atoms with van der Waals surface area (Å²) in [5, 5.41) is 11.4. The Labute approximate surface area is 533 Å². The van der Waals surface area contributed by atoms with Crippen LogP contribution in [0, 0.1) is 29.6 Å². The number of carbonyl (C=O) groups is 11. The van der Waals surface area contributed by atoms with E-state index in [4.69, 9.17) is 0 Å². The predicted molar refractivity (Wildman–Crippen MR) is 327 cm³/mol. The molecule has 91 heavy (non-hydrogen) atoms. The molecule has 0 bridgehead atoms.